The van der Waals surface area contributed by atoms with Crippen LogP contribution in [0.25, 0.3) is 11.0 Å². The van der Waals surface area contributed by atoms with Crippen molar-refractivity contribution in [3.63, 3.8) is 0 Å². The standard InChI is InChI=1S/C16H22N2O/c1-16(2)9-5-7-12(16)15(18-17)14-10-11-6-3-4-8-13(11)19-14/h3-4,6,8,10,12,15,18H,5,7,9,17H2,1-2H3. The maximum absolute atomic E-state index is 5.98. The first-order valence-electron chi connectivity index (χ1n) is 7.06. The Kier molecular flexibility index (Phi) is 3.11. The van der Waals surface area contributed by atoms with Gasteiger partial charge in [-0.25, -0.2) is 5.43 Å². The fourth-order valence-electron chi connectivity index (χ4n) is 3.52. The van der Waals surface area contributed by atoms with Gasteiger partial charge in [-0.3, -0.25) is 5.84 Å². The van der Waals surface area contributed by atoms with Gasteiger partial charge in [-0.05, 0) is 36.3 Å². The minimum absolute atomic E-state index is 0.102. The highest BCUT2D eigenvalue weighted by molar-refractivity contribution is 5.77. The van der Waals surface area contributed by atoms with Gasteiger partial charge in [0, 0.05) is 5.39 Å². The number of hydrogen-bond acceptors (Lipinski definition) is 3. The number of hydrogen-bond donors (Lipinski definition) is 2. The van der Waals surface area contributed by atoms with Gasteiger partial charge in [0.15, 0.2) is 0 Å². The Morgan fingerprint density at radius 2 is 2.16 bits per heavy atom. The SMILES string of the molecule is CC1(C)CCCC1C(NN)c1cc2ccccc2o1. The lowest BCUT2D eigenvalue weighted by atomic mass is 9.77. The van der Waals surface area contributed by atoms with Crippen LogP contribution in [0, 0.1) is 11.3 Å². The van der Waals surface area contributed by atoms with E-state index in [9.17, 15) is 0 Å². The third-order valence-corrected chi connectivity index (χ3v) is 4.67. The zero-order valence-electron chi connectivity index (χ0n) is 11.6. The van der Waals surface area contributed by atoms with Crippen molar-refractivity contribution in [1.29, 1.82) is 0 Å². The van der Waals surface area contributed by atoms with Crippen molar-refractivity contribution in [3.05, 3.63) is 36.1 Å². The molecule has 0 radical (unpaired) electrons. The maximum atomic E-state index is 5.98. The van der Waals surface area contributed by atoms with Crippen LogP contribution < -0.4 is 11.3 Å². The Hall–Kier alpha value is -1.32. The molecule has 0 saturated heterocycles. The molecule has 3 N–H and O–H groups in total. The lowest BCUT2D eigenvalue weighted by Gasteiger charge is -2.32. The molecule has 1 aromatic carbocycles. The zero-order chi connectivity index (χ0) is 13.5. The van der Waals surface area contributed by atoms with Gasteiger partial charge in [-0.2, -0.15) is 0 Å². The van der Waals surface area contributed by atoms with E-state index in [0.717, 1.165) is 16.7 Å². The molecule has 3 nitrogen and oxygen atoms in total. The summed E-state index contributed by atoms with van der Waals surface area (Å²) in [5.41, 5.74) is 4.24. The van der Waals surface area contributed by atoms with Gasteiger partial charge >= 0.3 is 0 Å². The van der Waals surface area contributed by atoms with Crippen molar-refractivity contribution in [2.75, 3.05) is 0 Å². The monoisotopic (exact) mass is 258 g/mol. The molecular weight excluding hydrogens is 236 g/mol. The molecule has 0 bridgehead atoms. The molecule has 3 rings (SSSR count). The molecule has 2 atom stereocenters. The second kappa shape index (κ2) is 4.66. The Bertz CT molecular complexity index is 540. The summed E-state index contributed by atoms with van der Waals surface area (Å²) in [6, 6.07) is 10.3. The summed E-state index contributed by atoms with van der Waals surface area (Å²) in [6.45, 7) is 4.66. The number of rotatable bonds is 3. The van der Waals surface area contributed by atoms with Crippen LogP contribution in [0.4, 0.5) is 0 Å². The Balaban J connectivity index is 1.97. The van der Waals surface area contributed by atoms with Crippen molar-refractivity contribution < 1.29 is 4.42 Å². The molecule has 0 spiro atoms. The Morgan fingerprint density at radius 1 is 1.37 bits per heavy atom. The summed E-state index contributed by atoms with van der Waals surface area (Å²) in [6.07, 6.45) is 3.74. The number of hydrazine groups is 1. The number of nitrogens with two attached hydrogens (primary N) is 1. The van der Waals surface area contributed by atoms with Crippen LogP contribution in [0.5, 0.6) is 0 Å². The smallest absolute Gasteiger partial charge is 0.134 e. The summed E-state index contributed by atoms with van der Waals surface area (Å²) in [5, 5.41) is 1.15. The predicted octanol–water partition coefficient (Wildman–Crippen LogP) is 3.76. The van der Waals surface area contributed by atoms with Crippen LogP contribution in [-0.2, 0) is 0 Å². The third kappa shape index (κ3) is 2.17. The van der Waals surface area contributed by atoms with Crippen LogP contribution in [0.3, 0.4) is 0 Å². The number of para-hydroxylation sites is 1. The predicted molar refractivity (Wildman–Crippen MR) is 77.4 cm³/mol. The van der Waals surface area contributed by atoms with Crippen molar-refractivity contribution in [2.45, 2.75) is 39.2 Å². The van der Waals surface area contributed by atoms with Crippen LogP contribution in [-0.4, -0.2) is 0 Å². The Morgan fingerprint density at radius 3 is 2.79 bits per heavy atom. The molecule has 0 aliphatic heterocycles. The largest absolute Gasteiger partial charge is 0.459 e. The van der Waals surface area contributed by atoms with Gasteiger partial charge in [-0.15, -0.1) is 0 Å². The van der Waals surface area contributed by atoms with E-state index >= 15 is 0 Å². The van der Waals surface area contributed by atoms with Crippen LogP contribution in [0.2, 0.25) is 0 Å². The van der Waals surface area contributed by atoms with Gasteiger partial charge in [0.1, 0.15) is 11.3 Å². The van der Waals surface area contributed by atoms with Gasteiger partial charge in [0.05, 0.1) is 6.04 Å². The minimum atomic E-state index is 0.102. The van der Waals surface area contributed by atoms with Gasteiger partial charge < -0.3 is 4.42 Å². The molecule has 1 saturated carbocycles. The zero-order valence-corrected chi connectivity index (χ0v) is 11.6. The number of fused-ring (bicyclic) bond motifs is 1. The topological polar surface area (TPSA) is 51.2 Å². The highest BCUT2D eigenvalue weighted by Crippen LogP contribution is 2.48. The van der Waals surface area contributed by atoms with E-state index in [-0.39, 0.29) is 6.04 Å². The summed E-state index contributed by atoms with van der Waals surface area (Å²) >= 11 is 0. The van der Waals surface area contributed by atoms with E-state index in [0.29, 0.717) is 11.3 Å². The van der Waals surface area contributed by atoms with Gasteiger partial charge in [0.25, 0.3) is 0 Å². The molecule has 102 valence electrons. The lowest BCUT2D eigenvalue weighted by Crippen LogP contribution is -2.37. The van der Waals surface area contributed by atoms with Crippen LogP contribution >= 0.6 is 0 Å². The normalized spacial score (nSPS) is 23.8. The average molecular weight is 258 g/mol. The number of nitrogens with one attached hydrogen (secondary N) is 1. The lowest BCUT2D eigenvalue weighted by molar-refractivity contribution is 0.183. The summed E-state index contributed by atoms with van der Waals surface area (Å²) in [4.78, 5) is 0. The van der Waals surface area contributed by atoms with E-state index in [4.69, 9.17) is 10.3 Å². The highest BCUT2D eigenvalue weighted by Gasteiger charge is 2.41. The van der Waals surface area contributed by atoms with E-state index in [1.165, 1.54) is 19.3 Å². The fourth-order valence-corrected chi connectivity index (χ4v) is 3.52. The second-order valence-corrected chi connectivity index (χ2v) is 6.32. The molecule has 1 fully saturated rings. The van der Waals surface area contributed by atoms with Gasteiger partial charge in [0.2, 0.25) is 0 Å². The highest BCUT2D eigenvalue weighted by atomic mass is 16.3. The molecule has 1 aliphatic rings. The molecule has 0 amide bonds. The van der Waals surface area contributed by atoms with E-state index < -0.39 is 0 Å². The molecule has 3 heteroatoms. The molecular formula is C16H22N2O. The first-order chi connectivity index (χ1) is 9.12. The summed E-state index contributed by atoms with van der Waals surface area (Å²) < 4.78 is 5.98. The first-order valence-corrected chi connectivity index (χ1v) is 7.06. The molecule has 2 unspecified atom stereocenters. The number of benzene rings is 1. The molecule has 1 heterocycles. The molecule has 1 aromatic heterocycles. The first kappa shape index (κ1) is 12.7. The van der Waals surface area contributed by atoms with Crippen LogP contribution in [0.15, 0.2) is 34.7 Å². The van der Waals surface area contributed by atoms with Gasteiger partial charge in [-0.1, -0.05) is 38.5 Å². The van der Waals surface area contributed by atoms with Crippen molar-refractivity contribution in [3.8, 4) is 0 Å². The molecule has 2 aromatic rings. The quantitative estimate of drug-likeness (QED) is 0.651. The third-order valence-electron chi connectivity index (χ3n) is 4.67. The fraction of sp³-hybridized carbons (Fsp3) is 0.500. The van der Waals surface area contributed by atoms with Crippen LogP contribution in [0.1, 0.15) is 44.9 Å². The molecule has 19 heavy (non-hydrogen) atoms. The van der Waals surface area contributed by atoms with E-state index in [1.54, 1.807) is 0 Å². The summed E-state index contributed by atoms with van der Waals surface area (Å²) in [5.74, 6) is 7.31. The maximum Gasteiger partial charge on any atom is 0.134 e. The van der Waals surface area contributed by atoms with E-state index in [2.05, 4.69) is 31.4 Å². The van der Waals surface area contributed by atoms with Crippen molar-refractivity contribution >= 4 is 11.0 Å². The average Bonchev–Trinajstić information content (AvgIpc) is 2.94. The van der Waals surface area contributed by atoms with Crippen molar-refractivity contribution in [1.82, 2.24) is 5.43 Å². The number of furan rings is 1. The molecule has 1 aliphatic carbocycles. The summed E-state index contributed by atoms with van der Waals surface area (Å²) in [7, 11) is 0. The minimum Gasteiger partial charge on any atom is -0.459 e. The van der Waals surface area contributed by atoms with Crippen molar-refractivity contribution in [2.24, 2.45) is 17.2 Å². The Labute approximate surface area is 114 Å². The second-order valence-electron chi connectivity index (χ2n) is 6.32. The van der Waals surface area contributed by atoms with E-state index in [1.807, 2.05) is 18.2 Å².